The highest BCUT2D eigenvalue weighted by Crippen LogP contribution is 2.27. The summed E-state index contributed by atoms with van der Waals surface area (Å²) >= 11 is 1.58. The second-order valence-corrected chi connectivity index (χ2v) is 7.31. The van der Waals surface area contributed by atoms with Crippen LogP contribution in [0.15, 0.2) is 0 Å². The lowest BCUT2D eigenvalue weighted by atomic mass is 9.84. The van der Waals surface area contributed by atoms with E-state index in [1.54, 1.807) is 11.8 Å². The maximum absolute atomic E-state index is 12.5. The first-order chi connectivity index (χ1) is 8.76. The largest absolute Gasteiger partial charge is 0.480 e. The molecule has 0 aromatic carbocycles. The van der Waals surface area contributed by atoms with Crippen molar-refractivity contribution in [1.29, 1.82) is 0 Å². The summed E-state index contributed by atoms with van der Waals surface area (Å²) in [5.74, 6) is -0.0573. The highest BCUT2D eigenvalue weighted by molar-refractivity contribution is 7.99. The van der Waals surface area contributed by atoms with Gasteiger partial charge in [-0.1, -0.05) is 20.8 Å². The van der Waals surface area contributed by atoms with Gasteiger partial charge in [-0.25, -0.2) is 4.79 Å². The van der Waals surface area contributed by atoms with E-state index in [1.165, 1.54) is 4.90 Å². The molecule has 0 aromatic heterocycles. The third kappa shape index (κ3) is 4.69. The highest BCUT2D eigenvalue weighted by Gasteiger charge is 2.36. The lowest BCUT2D eigenvalue weighted by molar-refractivity contribution is -0.151. The summed E-state index contributed by atoms with van der Waals surface area (Å²) in [4.78, 5) is 25.2. The summed E-state index contributed by atoms with van der Waals surface area (Å²) in [5, 5.41) is 9.21. The van der Waals surface area contributed by atoms with Gasteiger partial charge in [-0.05, 0) is 11.8 Å². The van der Waals surface area contributed by atoms with Crippen LogP contribution in [0.5, 0.6) is 0 Å². The van der Waals surface area contributed by atoms with Crippen LogP contribution in [-0.2, 0) is 9.59 Å². The van der Waals surface area contributed by atoms with Crippen molar-refractivity contribution in [3.8, 4) is 0 Å². The van der Waals surface area contributed by atoms with Gasteiger partial charge in [0.1, 0.15) is 6.04 Å². The second-order valence-electron chi connectivity index (χ2n) is 6.16. The molecule has 1 aliphatic rings. The number of nitrogens with zero attached hydrogens (tertiary/aromatic N) is 1. The Labute approximate surface area is 118 Å². The van der Waals surface area contributed by atoms with Gasteiger partial charge in [-0.15, -0.1) is 0 Å². The van der Waals surface area contributed by atoms with Crippen molar-refractivity contribution in [1.82, 2.24) is 4.90 Å². The molecule has 2 atom stereocenters. The summed E-state index contributed by atoms with van der Waals surface area (Å²) in [7, 11) is 0. The van der Waals surface area contributed by atoms with Gasteiger partial charge in [0.15, 0.2) is 0 Å². The molecule has 1 heterocycles. The summed E-state index contributed by atoms with van der Waals surface area (Å²) in [6.07, 6.45) is 0.679. The lowest BCUT2D eigenvalue weighted by Gasteiger charge is -2.36. The molecule has 5 nitrogen and oxygen atoms in total. The Bertz CT molecular complexity index is 341. The quantitative estimate of drug-likeness (QED) is 0.807. The molecule has 1 saturated heterocycles. The Hall–Kier alpha value is -0.750. The Morgan fingerprint density at radius 3 is 2.58 bits per heavy atom. The molecule has 1 amide bonds. The van der Waals surface area contributed by atoms with Gasteiger partial charge in [0.05, 0.1) is 5.92 Å². The second kappa shape index (κ2) is 6.61. The molecule has 1 rings (SSSR count). The first kappa shape index (κ1) is 16.3. The van der Waals surface area contributed by atoms with E-state index in [9.17, 15) is 14.7 Å². The van der Waals surface area contributed by atoms with Crippen LogP contribution in [0.2, 0.25) is 0 Å². The molecule has 19 heavy (non-hydrogen) atoms. The van der Waals surface area contributed by atoms with Crippen molar-refractivity contribution in [2.45, 2.75) is 33.2 Å². The number of amides is 1. The number of nitrogens with two attached hydrogens (primary N) is 1. The minimum absolute atomic E-state index is 0.00293. The zero-order chi connectivity index (χ0) is 14.6. The van der Waals surface area contributed by atoms with Crippen molar-refractivity contribution in [3.05, 3.63) is 0 Å². The van der Waals surface area contributed by atoms with Crippen LogP contribution in [0.4, 0.5) is 0 Å². The molecular weight excluding hydrogens is 264 g/mol. The lowest BCUT2D eigenvalue weighted by Crippen LogP contribution is -2.53. The SMILES string of the molecule is CC(C)(C)CC(CN)C(=O)N1CCSCC1C(=O)O. The van der Waals surface area contributed by atoms with Crippen molar-refractivity contribution in [2.24, 2.45) is 17.1 Å². The van der Waals surface area contributed by atoms with Gasteiger partial charge in [0.25, 0.3) is 0 Å². The van der Waals surface area contributed by atoms with Gasteiger partial charge in [-0.3, -0.25) is 4.79 Å². The number of rotatable bonds is 4. The van der Waals surface area contributed by atoms with Crippen LogP contribution < -0.4 is 5.73 Å². The van der Waals surface area contributed by atoms with Crippen LogP contribution in [0.3, 0.4) is 0 Å². The maximum Gasteiger partial charge on any atom is 0.327 e. The van der Waals surface area contributed by atoms with E-state index in [0.29, 0.717) is 18.7 Å². The average Bonchev–Trinajstić information content (AvgIpc) is 2.34. The van der Waals surface area contributed by atoms with E-state index >= 15 is 0 Å². The smallest absolute Gasteiger partial charge is 0.327 e. The third-order valence-electron chi connectivity index (χ3n) is 3.19. The summed E-state index contributed by atoms with van der Waals surface area (Å²) in [6.45, 7) is 6.95. The molecule has 6 heteroatoms. The van der Waals surface area contributed by atoms with Gasteiger partial charge in [0.2, 0.25) is 5.91 Å². The van der Waals surface area contributed by atoms with Crippen LogP contribution >= 0.6 is 11.8 Å². The van der Waals surface area contributed by atoms with E-state index in [0.717, 1.165) is 5.75 Å². The molecular formula is C13H24N2O3S. The number of carboxylic acid groups (broad SMARTS) is 1. The highest BCUT2D eigenvalue weighted by atomic mass is 32.2. The first-order valence-electron chi connectivity index (χ1n) is 6.57. The fraction of sp³-hybridized carbons (Fsp3) is 0.846. The molecule has 0 spiro atoms. The van der Waals surface area contributed by atoms with E-state index in [1.807, 2.05) is 0 Å². The Morgan fingerprint density at radius 1 is 1.47 bits per heavy atom. The molecule has 110 valence electrons. The molecule has 0 aromatic rings. The van der Waals surface area contributed by atoms with Crippen LogP contribution in [-0.4, -0.2) is 52.5 Å². The number of carbonyl (C=O) groups is 2. The fourth-order valence-electron chi connectivity index (χ4n) is 2.32. The van der Waals surface area contributed by atoms with Crippen LogP contribution in [0.1, 0.15) is 27.2 Å². The van der Waals surface area contributed by atoms with Gasteiger partial charge < -0.3 is 15.7 Å². The number of hydrogen-bond donors (Lipinski definition) is 2. The van der Waals surface area contributed by atoms with Crippen molar-refractivity contribution in [3.63, 3.8) is 0 Å². The fourth-order valence-corrected chi connectivity index (χ4v) is 3.36. The monoisotopic (exact) mass is 288 g/mol. The van der Waals surface area contributed by atoms with E-state index < -0.39 is 12.0 Å². The Kier molecular flexibility index (Phi) is 5.67. The molecule has 2 unspecified atom stereocenters. The zero-order valence-corrected chi connectivity index (χ0v) is 12.7. The summed E-state index contributed by atoms with van der Waals surface area (Å²) in [6, 6.07) is -0.708. The summed E-state index contributed by atoms with van der Waals surface area (Å²) < 4.78 is 0. The minimum Gasteiger partial charge on any atom is -0.480 e. The normalized spacial score (nSPS) is 22.1. The predicted molar refractivity (Wildman–Crippen MR) is 77.1 cm³/mol. The Morgan fingerprint density at radius 2 is 2.11 bits per heavy atom. The van der Waals surface area contributed by atoms with E-state index in [4.69, 9.17) is 5.73 Å². The molecule has 0 saturated carbocycles. The van der Waals surface area contributed by atoms with Crippen LogP contribution in [0.25, 0.3) is 0 Å². The predicted octanol–water partition coefficient (Wildman–Crippen LogP) is 1.03. The number of hydrogen-bond acceptors (Lipinski definition) is 4. The van der Waals surface area contributed by atoms with Crippen molar-refractivity contribution >= 4 is 23.6 Å². The first-order valence-corrected chi connectivity index (χ1v) is 7.73. The number of aliphatic carboxylic acids is 1. The molecule has 1 fully saturated rings. The topological polar surface area (TPSA) is 83.6 Å². The molecule has 1 aliphatic heterocycles. The van der Waals surface area contributed by atoms with Crippen LogP contribution in [0, 0.1) is 11.3 Å². The Balaban J connectivity index is 2.79. The molecule has 0 aliphatic carbocycles. The van der Waals surface area contributed by atoms with Crippen molar-refractivity contribution < 1.29 is 14.7 Å². The standard InChI is InChI=1S/C13H24N2O3S/c1-13(2,3)6-9(7-14)11(16)15-4-5-19-8-10(15)12(17)18/h9-10H,4-8,14H2,1-3H3,(H,17,18). The molecule has 0 bridgehead atoms. The summed E-state index contributed by atoms with van der Waals surface area (Å²) in [5.41, 5.74) is 5.71. The number of thioether (sulfide) groups is 1. The molecule has 3 N–H and O–H groups in total. The minimum atomic E-state index is -0.924. The van der Waals surface area contributed by atoms with E-state index in [-0.39, 0.29) is 23.8 Å². The molecule has 0 radical (unpaired) electrons. The van der Waals surface area contributed by atoms with Gasteiger partial charge >= 0.3 is 5.97 Å². The van der Waals surface area contributed by atoms with Gasteiger partial charge in [0, 0.05) is 24.6 Å². The maximum atomic E-state index is 12.5. The third-order valence-corrected chi connectivity index (χ3v) is 4.21. The zero-order valence-electron chi connectivity index (χ0n) is 11.9. The van der Waals surface area contributed by atoms with Gasteiger partial charge in [-0.2, -0.15) is 11.8 Å². The van der Waals surface area contributed by atoms with E-state index in [2.05, 4.69) is 20.8 Å². The number of carboxylic acids is 1. The number of carbonyl (C=O) groups excluding carboxylic acids is 1. The average molecular weight is 288 g/mol. The van der Waals surface area contributed by atoms with Crippen molar-refractivity contribution in [2.75, 3.05) is 24.6 Å².